The van der Waals surface area contributed by atoms with E-state index in [-0.39, 0.29) is 12.1 Å². The van der Waals surface area contributed by atoms with E-state index in [0.29, 0.717) is 66.7 Å². The van der Waals surface area contributed by atoms with Gasteiger partial charge in [0.2, 0.25) is 53.2 Å². The summed E-state index contributed by atoms with van der Waals surface area (Å²) in [5.41, 5.74) is -11.3. The predicted molar refractivity (Wildman–Crippen MR) is 346 cm³/mol. The van der Waals surface area contributed by atoms with Gasteiger partial charge in [0.15, 0.2) is 134 Å². The Balaban J connectivity index is 0.998. The highest BCUT2D eigenvalue weighted by Gasteiger charge is 2.57. The van der Waals surface area contributed by atoms with Gasteiger partial charge in [0.25, 0.3) is 0 Å². The third-order valence-electron chi connectivity index (χ3n) is 16.8. The number of hydrogen-bond donors (Lipinski definition) is 25. The van der Waals surface area contributed by atoms with Gasteiger partial charge in [-0.3, -0.25) is 0 Å². The summed E-state index contributed by atoms with van der Waals surface area (Å²) in [5, 5.41) is 267. The third kappa shape index (κ3) is 14.3. The quantitative estimate of drug-likeness (QED) is 0.0395. The minimum atomic E-state index is -2.92. The molecule has 0 radical (unpaired) electrons. The number of benzene rings is 8. The normalized spacial score (nSPS) is 19.9. The molecule has 588 valence electrons. The van der Waals surface area contributed by atoms with Crippen molar-refractivity contribution in [3.05, 3.63) is 123 Å². The zero-order valence-electron chi connectivity index (χ0n) is 55.1. The van der Waals surface area contributed by atoms with Crippen molar-refractivity contribution in [2.24, 2.45) is 0 Å². The first-order valence-electron chi connectivity index (χ1n) is 31.0. The molecule has 0 amide bonds. The summed E-state index contributed by atoms with van der Waals surface area (Å²) in [6, 6.07) is 5.54. The number of carbonyl (C=O) groups excluding carboxylic acids is 8. The first-order valence-corrected chi connectivity index (χ1v) is 31.0. The summed E-state index contributed by atoms with van der Waals surface area (Å²) >= 11 is 0. The molecular weight excluding hydrogens is 1520 g/mol. The maximum absolute atomic E-state index is 15.1. The van der Waals surface area contributed by atoms with E-state index in [9.17, 15) is 161 Å². The number of aliphatic hydroxyl groups is 2. The van der Waals surface area contributed by atoms with Gasteiger partial charge in [-0.2, -0.15) is 0 Å². The molecule has 10 atom stereocenters. The number of phenolic OH excluding ortho intramolecular Hbond substituents is 23. The number of ether oxygens (including phenoxy) is 11. The first-order chi connectivity index (χ1) is 52.7. The smallest absolute Gasteiger partial charge is 0.344 e. The molecule has 2 fully saturated rings. The number of cyclic esters (lactones) is 1. The molecule has 44 nitrogen and oxygen atoms in total. The van der Waals surface area contributed by atoms with Crippen molar-refractivity contribution in [1.29, 1.82) is 0 Å². The van der Waals surface area contributed by atoms with E-state index in [1.165, 1.54) is 0 Å². The highest BCUT2D eigenvalue weighted by Crippen LogP contribution is 2.55. The van der Waals surface area contributed by atoms with Gasteiger partial charge in [-0.1, -0.05) is 0 Å². The predicted octanol–water partition coefficient (Wildman–Crippen LogP) is 1.79. The topological polar surface area (TPSA) is 744 Å². The zero-order valence-corrected chi connectivity index (χ0v) is 55.1. The third-order valence-corrected chi connectivity index (χ3v) is 16.8. The van der Waals surface area contributed by atoms with E-state index >= 15 is 4.79 Å². The van der Waals surface area contributed by atoms with Crippen LogP contribution >= 0.6 is 0 Å². The minimum Gasteiger partial charge on any atom is -0.504 e. The molecule has 0 aliphatic carbocycles. The SMILES string of the molecule is O=C(OC1OC2COC(=O)c3cc(O)c(O)c(O)c3-c3c(cc(O)c(O)c3O)C(=O)OC(C2OC(=O)c2cc(O)c(O)c(O)c2)C1OC(=O)c1cc(O)c(O)c(O)c1)c1cc(O)c(O)c(Oc2c(C(=O)OC3C(OC(=O)c4ccc(O)c(O)c4O)OC(CO)C(OC(=O)c4cc(O)c(O)c(O)c4)C3O)cc(O)c(O)c2O)c1. The summed E-state index contributed by atoms with van der Waals surface area (Å²) in [6.45, 7) is -2.84. The number of esters is 8. The number of rotatable bonds is 15. The van der Waals surface area contributed by atoms with Gasteiger partial charge in [-0.05, 0) is 72.8 Å². The molecule has 44 heteroatoms. The Labute approximate surface area is 617 Å². The molecule has 11 rings (SSSR count). The summed E-state index contributed by atoms with van der Waals surface area (Å²) in [7, 11) is 0. The lowest BCUT2D eigenvalue weighted by Gasteiger charge is -2.44. The Bertz CT molecular complexity index is 5210. The lowest BCUT2D eigenvalue weighted by atomic mass is 9.91. The number of aliphatic hydroxyl groups excluding tert-OH is 2. The molecule has 3 heterocycles. The lowest BCUT2D eigenvalue weighted by Crippen LogP contribution is -2.63. The highest BCUT2D eigenvalue weighted by atomic mass is 16.8. The van der Waals surface area contributed by atoms with Gasteiger partial charge >= 0.3 is 47.8 Å². The number of fused-ring (bicyclic) bond motifs is 5. The summed E-state index contributed by atoms with van der Waals surface area (Å²) < 4.78 is 61.3. The van der Waals surface area contributed by atoms with Gasteiger partial charge in [-0.15, -0.1) is 0 Å². The van der Waals surface area contributed by atoms with E-state index in [1.807, 2.05) is 0 Å². The lowest BCUT2D eigenvalue weighted by molar-refractivity contribution is -0.283. The molecular formula is C68H52O44. The Morgan fingerprint density at radius 3 is 1.24 bits per heavy atom. The minimum absolute atomic E-state index is 0.199. The fraction of sp³-hybridized carbons (Fsp3) is 0.176. The standard InChI is InChI=1S/C68H52O44/c69-14-36-54(106-59(94)16-3-25(71)41(82)26(72)4-16)52(93)56(67(104-36)112-64(99)20-1-2-24(70)45(86)40(20)81)108-66(101)23-13-34(80)48(89)51(92)53(23)103-35-10-19(9-31(77)44(35)85)62(97)111-68-58(110-61(96)18-7-29(75)43(84)30(76)8-18)57-55(107-60(95)17-5-27(73)42(83)28(74)6-17)37(105-68)15-102-63(98)21-11-32(78)46(87)49(90)38(21)39-22(65(100)109-57)12-33(79)47(88)50(39)91/h1-13,36-37,52,54-58,67-93H,14-15H2. The fourth-order valence-corrected chi connectivity index (χ4v) is 11.2. The van der Waals surface area contributed by atoms with Crippen LogP contribution in [0.5, 0.6) is 144 Å². The van der Waals surface area contributed by atoms with E-state index in [2.05, 4.69) is 0 Å². The Kier molecular flexibility index (Phi) is 20.6. The maximum atomic E-state index is 15.1. The van der Waals surface area contributed by atoms with Crippen LogP contribution in [-0.4, -0.2) is 250 Å². The Morgan fingerprint density at radius 2 is 0.741 bits per heavy atom. The molecule has 3 aliphatic rings. The second-order valence-corrected chi connectivity index (χ2v) is 23.9. The van der Waals surface area contributed by atoms with Crippen molar-refractivity contribution in [2.45, 2.75) is 61.4 Å². The second-order valence-electron chi connectivity index (χ2n) is 23.9. The van der Waals surface area contributed by atoms with Gasteiger partial charge in [-0.25, -0.2) is 38.4 Å². The molecule has 0 spiro atoms. The van der Waals surface area contributed by atoms with Crippen molar-refractivity contribution >= 4 is 47.8 Å². The second kappa shape index (κ2) is 29.7. The maximum Gasteiger partial charge on any atom is 0.344 e. The van der Waals surface area contributed by atoms with Gasteiger partial charge < -0.3 is 180 Å². The molecule has 0 aromatic heterocycles. The first kappa shape index (κ1) is 77.7. The van der Waals surface area contributed by atoms with Crippen LogP contribution in [0.3, 0.4) is 0 Å². The molecule has 112 heavy (non-hydrogen) atoms. The number of phenols is 23. The van der Waals surface area contributed by atoms with Gasteiger partial charge in [0.1, 0.15) is 36.0 Å². The van der Waals surface area contributed by atoms with Crippen LogP contribution in [0.4, 0.5) is 0 Å². The van der Waals surface area contributed by atoms with Crippen LogP contribution in [0.2, 0.25) is 0 Å². The zero-order chi connectivity index (χ0) is 82.0. The van der Waals surface area contributed by atoms with Crippen LogP contribution < -0.4 is 4.74 Å². The Hall–Kier alpha value is -15.4. The van der Waals surface area contributed by atoms with Crippen LogP contribution in [0.15, 0.2) is 78.9 Å². The molecule has 0 saturated carbocycles. The van der Waals surface area contributed by atoms with Crippen molar-refractivity contribution in [3.8, 4) is 155 Å². The molecule has 25 N–H and O–H groups in total. The number of aromatic hydroxyl groups is 23. The fourth-order valence-electron chi connectivity index (χ4n) is 11.2. The van der Waals surface area contributed by atoms with E-state index < -0.39 is 322 Å². The van der Waals surface area contributed by atoms with E-state index in [4.69, 9.17) is 52.1 Å². The summed E-state index contributed by atoms with van der Waals surface area (Å²) in [5.74, 6) is -49.3. The molecule has 3 aliphatic heterocycles. The molecule has 2 bridgehead atoms. The van der Waals surface area contributed by atoms with Crippen molar-refractivity contribution in [1.82, 2.24) is 0 Å². The molecule has 10 unspecified atom stereocenters. The van der Waals surface area contributed by atoms with Crippen molar-refractivity contribution < 1.29 is 218 Å². The highest BCUT2D eigenvalue weighted by molar-refractivity contribution is 6.09. The van der Waals surface area contributed by atoms with Crippen LogP contribution in [0.25, 0.3) is 11.1 Å². The van der Waals surface area contributed by atoms with Crippen LogP contribution in [0.1, 0.15) is 82.9 Å². The van der Waals surface area contributed by atoms with Gasteiger partial charge in [0.05, 0.1) is 40.0 Å². The molecule has 8 aromatic carbocycles. The Morgan fingerprint density at radius 1 is 0.357 bits per heavy atom. The van der Waals surface area contributed by atoms with E-state index in [0.717, 1.165) is 0 Å². The van der Waals surface area contributed by atoms with Crippen molar-refractivity contribution in [3.63, 3.8) is 0 Å². The molecule has 2 saturated heterocycles. The van der Waals surface area contributed by atoms with Crippen molar-refractivity contribution in [2.75, 3.05) is 13.2 Å². The number of hydrogen-bond acceptors (Lipinski definition) is 44. The van der Waals surface area contributed by atoms with Gasteiger partial charge in [0, 0.05) is 17.2 Å². The summed E-state index contributed by atoms with van der Waals surface area (Å²) in [6.07, 6.45) is -26.3. The summed E-state index contributed by atoms with van der Waals surface area (Å²) in [4.78, 5) is 115. The van der Waals surface area contributed by atoms with E-state index in [1.54, 1.807) is 0 Å². The van der Waals surface area contributed by atoms with Crippen LogP contribution in [-0.2, 0) is 47.4 Å². The average molecular weight is 1570 g/mol. The largest absolute Gasteiger partial charge is 0.504 e. The average Bonchev–Trinajstić information content (AvgIpc) is 0.746. The van der Waals surface area contributed by atoms with Crippen LogP contribution in [0, 0.1) is 0 Å². The number of carbonyl (C=O) groups is 8. The monoisotopic (exact) mass is 1570 g/mol. The molecule has 8 aromatic rings.